The number of hydrogen-bond acceptors (Lipinski definition) is 4. The average molecular weight is 434 g/mol. The zero-order valence-corrected chi connectivity index (χ0v) is 18.1. The summed E-state index contributed by atoms with van der Waals surface area (Å²) in [5.41, 5.74) is 3.59. The second kappa shape index (κ2) is 8.40. The molecular weight excluding hydrogens is 410 g/mol. The number of aryl methyl sites for hydroxylation is 2. The van der Waals surface area contributed by atoms with Crippen LogP contribution in [0.15, 0.2) is 89.8 Å². The van der Waals surface area contributed by atoms with Gasteiger partial charge in [0.15, 0.2) is 0 Å². The predicted molar refractivity (Wildman–Crippen MR) is 120 cm³/mol. The molecule has 0 unspecified atom stereocenters. The SMILES string of the molecule is Cc1ccc([C@@H]2[C@@H](/C=C/c3ccccc3)OC(=O)N2S(=O)(=O)c2ccc(C)cc2)cc1. The lowest BCUT2D eigenvalue weighted by Gasteiger charge is -2.24. The monoisotopic (exact) mass is 433 g/mol. The molecule has 158 valence electrons. The first-order chi connectivity index (χ1) is 14.9. The molecule has 6 heteroatoms. The molecule has 0 aromatic heterocycles. The number of amides is 1. The van der Waals surface area contributed by atoms with Crippen molar-refractivity contribution in [2.75, 3.05) is 0 Å². The van der Waals surface area contributed by atoms with Crippen molar-refractivity contribution >= 4 is 22.2 Å². The van der Waals surface area contributed by atoms with Gasteiger partial charge in [0, 0.05) is 0 Å². The Kier molecular flexibility index (Phi) is 5.65. The van der Waals surface area contributed by atoms with Crippen LogP contribution in [-0.4, -0.2) is 24.9 Å². The van der Waals surface area contributed by atoms with Crippen LogP contribution in [-0.2, 0) is 14.8 Å². The van der Waals surface area contributed by atoms with Crippen LogP contribution in [0.4, 0.5) is 4.79 Å². The van der Waals surface area contributed by atoms with Crippen LogP contribution in [0, 0.1) is 13.8 Å². The molecule has 4 rings (SSSR count). The Morgan fingerprint density at radius 3 is 2.03 bits per heavy atom. The van der Waals surface area contributed by atoms with E-state index in [2.05, 4.69) is 0 Å². The molecule has 1 amide bonds. The second-order valence-corrected chi connectivity index (χ2v) is 9.40. The summed E-state index contributed by atoms with van der Waals surface area (Å²) < 4.78 is 33.3. The van der Waals surface area contributed by atoms with Crippen molar-refractivity contribution in [2.45, 2.75) is 30.9 Å². The summed E-state index contributed by atoms with van der Waals surface area (Å²) in [6.07, 6.45) is 1.94. The summed E-state index contributed by atoms with van der Waals surface area (Å²) in [4.78, 5) is 12.9. The van der Waals surface area contributed by atoms with Crippen LogP contribution in [0.1, 0.15) is 28.3 Å². The van der Waals surface area contributed by atoms with Crippen LogP contribution in [0.5, 0.6) is 0 Å². The third kappa shape index (κ3) is 4.25. The van der Waals surface area contributed by atoms with Crippen molar-refractivity contribution < 1.29 is 17.9 Å². The van der Waals surface area contributed by atoms with Gasteiger partial charge in [-0.3, -0.25) is 0 Å². The van der Waals surface area contributed by atoms with Crippen LogP contribution in [0.25, 0.3) is 6.08 Å². The minimum Gasteiger partial charge on any atom is -0.438 e. The van der Waals surface area contributed by atoms with Gasteiger partial charge in [0.25, 0.3) is 10.0 Å². The van der Waals surface area contributed by atoms with E-state index in [4.69, 9.17) is 4.74 Å². The molecule has 0 aliphatic carbocycles. The number of sulfonamides is 1. The summed E-state index contributed by atoms with van der Waals surface area (Å²) in [5, 5.41) is 0. The minimum atomic E-state index is -4.10. The number of rotatable bonds is 5. The van der Waals surface area contributed by atoms with Crippen LogP contribution in [0.3, 0.4) is 0 Å². The molecule has 31 heavy (non-hydrogen) atoms. The lowest BCUT2D eigenvalue weighted by atomic mass is 10.00. The summed E-state index contributed by atoms with van der Waals surface area (Å²) in [7, 11) is -4.10. The number of benzene rings is 3. The van der Waals surface area contributed by atoms with Crippen molar-refractivity contribution in [3.8, 4) is 0 Å². The van der Waals surface area contributed by atoms with Crippen molar-refractivity contribution in [3.63, 3.8) is 0 Å². The molecule has 0 spiro atoms. The third-order valence-electron chi connectivity index (χ3n) is 5.26. The van der Waals surface area contributed by atoms with Gasteiger partial charge in [-0.15, -0.1) is 0 Å². The highest BCUT2D eigenvalue weighted by Crippen LogP contribution is 2.38. The predicted octanol–water partition coefficient (Wildman–Crippen LogP) is 5.27. The van der Waals surface area contributed by atoms with Gasteiger partial charge >= 0.3 is 6.09 Å². The first-order valence-corrected chi connectivity index (χ1v) is 11.4. The lowest BCUT2D eigenvalue weighted by molar-refractivity contribution is 0.151. The highest BCUT2D eigenvalue weighted by molar-refractivity contribution is 7.89. The van der Waals surface area contributed by atoms with E-state index < -0.39 is 28.3 Å². The maximum Gasteiger partial charge on any atom is 0.425 e. The molecule has 1 saturated heterocycles. The number of carbonyl (C=O) groups excluding carboxylic acids is 1. The Balaban J connectivity index is 1.77. The number of nitrogens with zero attached hydrogens (tertiary/aromatic N) is 1. The maximum absolute atomic E-state index is 13.4. The van der Waals surface area contributed by atoms with Crippen LogP contribution >= 0.6 is 0 Å². The topological polar surface area (TPSA) is 63.7 Å². The number of carbonyl (C=O) groups is 1. The Labute approximate surface area is 182 Å². The van der Waals surface area contributed by atoms with Gasteiger partial charge in [-0.1, -0.05) is 83.9 Å². The Morgan fingerprint density at radius 2 is 1.42 bits per heavy atom. The molecule has 2 atom stereocenters. The molecule has 0 N–H and O–H groups in total. The van der Waals surface area contributed by atoms with Crippen molar-refractivity contribution in [1.29, 1.82) is 0 Å². The molecule has 3 aromatic rings. The smallest absolute Gasteiger partial charge is 0.425 e. The molecular formula is C25H23NO4S. The van der Waals surface area contributed by atoms with Gasteiger partial charge in [-0.25, -0.2) is 13.2 Å². The summed E-state index contributed by atoms with van der Waals surface area (Å²) in [6, 6.07) is 22.7. The van der Waals surface area contributed by atoms with E-state index in [0.717, 1.165) is 21.0 Å². The van der Waals surface area contributed by atoms with Gasteiger partial charge < -0.3 is 4.74 Å². The fourth-order valence-electron chi connectivity index (χ4n) is 3.55. The van der Waals surface area contributed by atoms with E-state index >= 15 is 0 Å². The van der Waals surface area contributed by atoms with E-state index in [1.54, 1.807) is 18.2 Å². The van der Waals surface area contributed by atoms with Crippen molar-refractivity contribution in [3.05, 3.63) is 107 Å². The first kappa shape index (κ1) is 20.9. The zero-order chi connectivity index (χ0) is 22.0. The quantitative estimate of drug-likeness (QED) is 0.550. The molecule has 1 fully saturated rings. The molecule has 1 heterocycles. The standard InChI is InChI=1S/C25H23NO4S/c1-18-8-13-21(14-9-18)24-23(17-12-20-6-4-3-5-7-20)30-25(27)26(24)31(28,29)22-15-10-19(2)11-16-22/h3-17,23-24H,1-2H3/b17-12+/t23-,24-/m1/s1. The highest BCUT2D eigenvalue weighted by atomic mass is 32.2. The molecule has 0 radical (unpaired) electrons. The minimum absolute atomic E-state index is 0.0554. The van der Waals surface area contributed by atoms with Crippen molar-refractivity contribution in [1.82, 2.24) is 4.31 Å². The van der Waals surface area contributed by atoms with Gasteiger partial charge in [0.1, 0.15) is 12.1 Å². The maximum atomic E-state index is 13.4. The molecule has 1 aliphatic rings. The van der Waals surface area contributed by atoms with E-state index in [0.29, 0.717) is 5.56 Å². The molecule has 0 bridgehead atoms. The normalized spacial score (nSPS) is 19.0. The Bertz CT molecular complexity index is 1200. The van der Waals surface area contributed by atoms with Gasteiger partial charge in [0.2, 0.25) is 0 Å². The summed E-state index contributed by atoms with van der Waals surface area (Å²) in [6.45, 7) is 3.83. The van der Waals surface area contributed by atoms with E-state index in [9.17, 15) is 13.2 Å². The second-order valence-electron chi connectivity index (χ2n) is 7.59. The molecule has 3 aromatic carbocycles. The van der Waals surface area contributed by atoms with Gasteiger partial charge in [-0.05, 0) is 43.2 Å². The van der Waals surface area contributed by atoms with Gasteiger partial charge in [0.05, 0.1) is 4.90 Å². The number of cyclic esters (lactones) is 1. The molecule has 5 nitrogen and oxygen atoms in total. The fraction of sp³-hybridized carbons (Fsp3) is 0.160. The summed E-state index contributed by atoms with van der Waals surface area (Å²) in [5.74, 6) is 0. The Hall–Kier alpha value is -3.38. The first-order valence-electron chi connectivity index (χ1n) is 9.98. The molecule has 1 aliphatic heterocycles. The van der Waals surface area contributed by atoms with E-state index in [1.807, 2.05) is 74.5 Å². The zero-order valence-electron chi connectivity index (χ0n) is 17.3. The third-order valence-corrected chi connectivity index (χ3v) is 7.02. The number of ether oxygens (including phenoxy) is 1. The van der Waals surface area contributed by atoms with E-state index in [1.165, 1.54) is 12.1 Å². The van der Waals surface area contributed by atoms with Crippen LogP contribution in [0.2, 0.25) is 0 Å². The lowest BCUT2D eigenvalue weighted by Crippen LogP contribution is -2.35. The van der Waals surface area contributed by atoms with Crippen LogP contribution < -0.4 is 0 Å². The highest BCUT2D eigenvalue weighted by Gasteiger charge is 2.48. The Morgan fingerprint density at radius 1 is 0.839 bits per heavy atom. The van der Waals surface area contributed by atoms with E-state index in [-0.39, 0.29) is 4.90 Å². The molecule has 0 saturated carbocycles. The largest absolute Gasteiger partial charge is 0.438 e. The summed E-state index contributed by atoms with van der Waals surface area (Å²) >= 11 is 0. The number of hydrogen-bond donors (Lipinski definition) is 0. The van der Waals surface area contributed by atoms with Gasteiger partial charge in [-0.2, -0.15) is 4.31 Å². The fourth-order valence-corrected chi connectivity index (χ4v) is 5.04. The average Bonchev–Trinajstić information content (AvgIpc) is 3.10. The van der Waals surface area contributed by atoms with Crippen molar-refractivity contribution in [2.24, 2.45) is 0 Å².